The van der Waals surface area contributed by atoms with Gasteiger partial charge in [0.2, 0.25) is 5.91 Å². The van der Waals surface area contributed by atoms with E-state index in [-0.39, 0.29) is 36.0 Å². The Kier molecular flexibility index (Phi) is 6.12. The lowest BCUT2D eigenvalue weighted by Gasteiger charge is -2.30. The number of rotatable bonds is 5. The molecule has 0 aliphatic carbocycles. The number of hydrogen-bond donors (Lipinski definition) is 2. The molecule has 1 heterocycles. The van der Waals surface area contributed by atoms with Gasteiger partial charge in [0.15, 0.2) is 0 Å². The number of halogens is 1. The molecule has 1 fully saturated rings. The normalized spacial score (nSPS) is 17.4. The predicted molar refractivity (Wildman–Crippen MR) is 90.7 cm³/mol. The molecule has 2 N–H and O–H groups in total. The van der Waals surface area contributed by atoms with Gasteiger partial charge in [-0.25, -0.2) is 4.39 Å². The Hall–Kier alpha value is -2.44. The molecule has 1 aliphatic rings. The van der Waals surface area contributed by atoms with Crippen molar-refractivity contribution in [2.75, 3.05) is 18.4 Å². The average molecular weight is 350 g/mol. The van der Waals surface area contributed by atoms with Gasteiger partial charge in [-0.15, -0.1) is 0 Å². The van der Waals surface area contributed by atoms with Crippen LogP contribution in [0.3, 0.4) is 0 Å². The topological polar surface area (TPSA) is 86.7 Å². The second-order valence-corrected chi connectivity index (χ2v) is 6.77. The molecule has 1 saturated heterocycles. The number of amides is 2. The van der Waals surface area contributed by atoms with Gasteiger partial charge in [0.1, 0.15) is 5.82 Å². The summed E-state index contributed by atoms with van der Waals surface area (Å²) in [7, 11) is 0. The smallest absolute Gasteiger partial charge is 0.308 e. The van der Waals surface area contributed by atoms with Crippen LogP contribution in [-0.4, -0.2) is 40.9 Å². The third kappa shape index (κ3) is 5.01. The van der Waals surface area contributed by atoms with Gasteiger partial charge in [-0.1, -0.05) is 13.8 Å². The number of carbonyl (C=O) groups is 3. The van der Waals surface area contributed by atoms with Gasteiger partial charge in [-0.05, 0) is 37.0 Å². The first-order valence-corrected chi connectivity index (χ1v) is 8.39. The number of carboxylic acid groups (broad SMARTS) is 1. The van der Waals surface area contributed by atoms with Crippen molar-refractivity contribution >= 4 is 23.5 Å². The molecule has 2 rings (SSSR count). The molecule has 136 valence electrons. The second kappa shape index (κ2) is 8.09. The Balaban J connectivity index is 2.07. The summed E-state index contributed by atoms with van der Waals surface area (Å²) in [6.07, 6.45) is 1.42. The summed E-state index contributed by atoms with van der Waals surface area (Å²) in [6, 6.07) is 3.89. The fourth-order valence-electron chi connectivity index (χ4n) is 2.87. The molecule has 0 aromatic heterocycles. The minimum absolute atomic E-state index is 0.0317. The van der Waals surface area contributed by atoms with Gasteiger partial charge < -0.3 is 15.3 Å². The number of piperidine rings is 1. The second-order valence-electron chi connectivity index (χ2n) is 6.77. The standard InChI is InChI=1S/C18H23FN2O4/c1-11(2)8-16(22)20-15-6-5-12(9-14(15)19)17(23)21-7-3-4-13(10-21)18(24)25/h5-6,9,11,13H,3-4,7-8,10H2,1-2H3,(H,20,22)(H,24,25). The van der Waals surface area contributed by atoms with Crippen molar-refractivity contribution in [3.8, 4) is 0 Å². The Morgan fingerprint density at radius 1 is 1.36 bits per heavy atom. The van der Waals surface area contributed by atoms with Gasteiger partial charge in [-0.2, -0.15) is 0 Å². The van der Waals surface area contributed by atoms with E-state index in [0.717, 1.165) is 6.07 Å². The molecule has 6 nitrogen and oxygen atoms in total. The van der Waals surface area contributed by atoms with Crippen LogP contribution in [0.25, 0.3) is 0 Å². The van der Waals surface area contributed by atoms with Gasteiger partial charge in [0.25, 0.3) is 5.91 Å². The lowest BCUT2D eigenvalue weighted by molar-refractivity contribution is -0.143. The number of aliphatic carboxylic acids is 1. The van der Waals surface area contributed by atoms with E-state index in [2.05, 4.69) is 5.32 Å². The maximum Gasteiger partial charge on any atom is 0.308 e. The van der Waals surface area contributed by atoms with Crippen LogP contribution in [0.1, 0.15) is 43.5 Å². The molecular formula is C18H23FN2O4. The first-order valence-electron chi connectivity index (χ1n) is 8.39. The van der Waals surface area contributed by atoms with Crippen LogP contribution in [0.5, 0.6) is 0 Å². The molecule has 1 aliphatic heterocycles. The van der Waals surface area contributed by atoms with E-state index in [1.165, 1.54) is 17.0 Å². The van der Waals surface area contributed by atoms with Crippen molar-refractivity contribution < 1.29 is 23.9 Å². The van der Waals surface area contributed by atoms with Crippen molar-refractivity contribution in [2.45, 2.75) is 33.1 Å². The van der Waals surface area contributed by atoms with E-state index < -0.39 is 23.6 Å². The first kappa shape index (κ1) is 18.9. The predicted octanol–water partition coefficient (Wildman–Crippen LogP) is 2.75. The molecule has 1 atom stereocenters. The molecule has 0 spiro atoms. The summed E-state index contributed by atoms with van der Waals surface area (Å²) in [4.78, 5) is 36.7. The van der Waals surface area contributed by atoms with E-state index in [4.69, 9.17) is 5.11 Å². The Morgan fingerprint density at radius 2 is 2.08 bits per heavy atom. The third-order valence-corrected chi connectivity index (χ3v) is 4.14. The number of nitrogens with one attached hydrogen (secondary N) is 1. The van der Waals surface area contributed by atoms with E-state index in [0.29, 0.717) is 19.4 Å². The quantitative estimate of drug-likeness (QED) is 0.855. The average Bonchev–Trinajstić information content (AvgIpc) is 2.55. The number of hydrogen-bond acceptors (Lipinski definition) is 3. The molecule has 0 bridgehead atoms. The van der Waals surface area contributed by atoms with Crippen LogP contribution >= 0.6 is 0 Å². The van der Waals surface area contributed by atoms with Crippen LogP contribution in [0, 0.1) is 17.7 Å². The lowest BCUT2D eigenvalue weighted by atomic mass is 9.97. The molecule has 1 aromatic rings. The highest BCUT2D eigenvalue weighted by Gasteiger charge is 2.29. The largest absolute Gasteiger partial charge is 0.481 e. The zero-order chi connectivity index (χ0) is 18.6. The maximum absolute atomic E-state index is 14.2. The van der Waals surface area contributed by atoms with Crippen LogP contribution < -0.4 is 5.32 Å². The van der Waals surface area contributed by atoms with Gasteiger partial charge >= 0.3 is 5.97 Å². The summed E-state index contributed by atoms with van der Waals surface area (Å²) in [5, 5.41) is 11.6. The van der Waals surface area contributed by atoms with Crippen molar-refractivity contribution in [1.82, 2.24) is 4.90 Å². The minimum atomic E-state index is -0.924. The highest BCUT2D eigenvalue weighted by molar-refractivity contribution is 5.96. The molecule has 7 heteroatoms. The summed E-state index contributed by atoms with van der Waals surface area (Å²) < 4.78 is 14.2. The summed E-state index contributed by atoms with van der Waals surface area (Å²) in [5.74, 6) is -2.72. The Labute approximate surface area is 146 Å². The van der Waals surface area contributed by atoms with E-state index in [1.807, 2.05) is 13.8 Å². The number of likely N-dealkylation sites (tertiary alicyclic amines) is 1. The van der Waals surface area contributed by atoms with E-state index in [1.54, 1.807) is 0 Å². The molecule has 1 aromatic carbocycles. The summed E-state index contributed by atoms with van der Waals surface area (Å²) in [5.41, 5.74) is 0.176. The SMILES string of the molecule is CC(C)CC(=O)Nc1ccc(C(=O)N2CCCC(C(=O)O)C2)cc1F. The maximum atomic E-state index is 14.2. The van der Waals surface area contributed by atoms with Crippen molar-refractivity contribution in [1.29, 1.82) is 0 Å². The van der Waals surface area contributed by atoms with Crippen LogP contribution in [0.2, 0.25) is 0 Å². The molecule has 0 saturated carbocycles. The number of carbonyl (C=O) groups excluding carboxylic acids is 2. The van der Waals surface area contributed by atoms with Crippen LogP contribution in [0.4, 0.5) is 10.1 Å². The molecular weight excluding hydrogens is 327 g/mol. The van der Waals surface area contributed by atoms with E-state index in [9.17, 15) is 18.8 Å². The summed E-state index contributed by atoms with van der Waals surface area (Å²) >= 11 is 0. The fraction of sp³-hybridized carbons (Fsp3) is 0.500. The van der Waals surface area contributed by atoms with Crippen molar-refractivity contribution in [2.24, 2.45) is 11.8 Å². The van der Waals surface area contributed by atoms with Crippen LogP contribution in [0.15, 0.2) is 18.2 Å². The molecule has 25 heavy (non-hydrogen) atoms. The molecule has 2 amide bonds. The monoisotopic (exact) mass is 350 g/mol. The van der Waals surface area contributed by atoms with Gasteiger partial charge in [-0.3, -0.25) is 14.4 Å². The van der Waals surface area contributed by atoms with Crippen molar-refractivity contribution in [3.05, 3.63) is 29.6 Å². The molecule has 1 unspecified atom stereocenters. The molecule has 0 radical (unpaired) electrons. The third-order valence-electron chi connectivity index (χ3n) is 4.14. The number of benzene rings is 1. The van der Waals surface area contributed by atoms with Crippen LogP contribution in [-0.2, 0) is 9.59 Å². The zero-order valence-electron chi connectivity index (χ0n) is 14.4. The van der Waals surface area contributed by atoms with Crippen molar-refractivity contribution in [3.63, 3.8) is 0 Å². The fourth-order valence-corrected chi connectivity index (χ4v) is 2.87. The Bertz CT molecular complexity index is 675. The number of carboxylic acids is 1. The minimum Gasteiger partial charge on any atom is -0.481 e. The van der Waals surface area contributed by atoms with E-state index >= 15 is 0 Å². The Morgan fingerprint density at radius 3 is 2.68 bits per heavy atom. The van der Waals surface area contributed by atoms with Gasteiger partial charge in [0.05, 0.1) is 11.6 Å². The first-order chi connectivity index (χ1) is 11.8. The number of nitrogens with zero attached hydrogens (tertiary/aromatic N) is 1. The lowest BCUT2D eigenvalue weighted by Crippen LogP contribution is -2.42. The summed E-state index contributed by atoms with van der Waals surface area (Å²) in [6.45, 7) is 4.36. The highest BCUT2D eigenvalue weighted by atomic mass is 19.1. The highest BCUT2D eigenvalue weighted by Crippen LogP contribution is 2.21. The zero-order valence-corrected chi connectivity index (χ0v) is 14.4. The number of anilines is 1. The van der Waals surface area contributed by atoms with Gasteiger partial charge in [0, 0.05) is 25.1 Å².